The van der Waals surface area contributed by atoms with Crippen LogP contribution in [0.1, 0.15) is 29.1 Å². The SMILES string of the molecule is Cc1nc(N(C)C(C)c2ccc(Cl)cc2)sc1CN. The molecule has 3 nitrogen and oxygen atoms in total. The van der Waals surface area contributed by atoms with E-state index in [0.717, 1.165) is 20.7 Å². The molecule has 19 heavy (non-hydrogen) atoms. The molecule has 5 heteroatoms. The van der Waals surface area contributed by atoms with Gasteiger partial charge >= 0.3 is 0 Å². The molecule has 2 rings (SSSR count). The second-order valence-corrected chi connectivity index (χ2v) is 6.05. The highest BCUT2D eigenvalue weighted by molar-refractivity contribution is 7.15. The molecule has 0 radical (unpaired) electrons. The maximum Gasteiger partial charge on any atom is 0.186 e. The lowest BCUT2D eigenvalue weighted by Gasteiger charge is -2.24. The number of hydrogen-bond acceptors (Lipinski definition) is 4. The van der Waals surface area contributed by atoms with E-state index < -0.39 is 0 Å². The summed E-state index contributed by atoms with van der Waals surface area (Å²) in [6.07, 6.45) is 0. The Balaban J connectivity index is 2.22. The average Bonchev–Trinajstić information content (AvgIpc) is 2.79. The predicted octanol–water partition coefficient (Wildman–Crippen LogP) is 3.76. The lowest BCUT2D eigenvalue weighted by Crippen LogP contribution is -2.21. The number of aromatic nitrogens is 1. The van der Waals surface area contributed by atoms with Crippen molar-refractivity contribution in [3.63, 3.8) is 0 Å². The third-order valence-corrected chi connectivity index (χ3v) is 4.82. The molecular weight excluding hydrogens is 278 g/mol. The predicted molar refractivity (Wildman–Crippen MR) is 83.0 cm³/mol. The number of hydrogen-bond donors (Lipinski definition) is 1. The van der Waals surface area contributed by atoms with Crippen molar-refractivity contribution in [2.24, 2.45) is 5.73 Å². The smallest absolute Gasteiger partial charge is 0.186 e. The van der Waals surface area contributed by atoms with Gasteiger partial charge in [-0.1, -0.05) is 23.7 Å². The molecule has 0 spiro atoms. The average molecular weight is 296 g/mol. The highest BCUT2D eigenvalue weighted by Gasteiger charge is 2.16. The number of aryl methyl sites for hydroxylation is 1. The van der Waals surface area contributed by atoms with Gasteiger partial charge in [0.2, 0.25) is 0 Å². The quantitative estimate of drug-likeness (QED) is 0.934. The van der Waals surface area contributed by atoms with Crippen LogP contribution in [-0.4, -0.2) is 12.0 Å². The molecule has 102 valence electrons. The highest BCUT2D eigenvalue weighted by Crippen LogP contribution is 2.31. The van der Waals surface area contributed by atoms with Crippen molar-refractivity contribution >= 4 is 28.1 Å². The molecule has 0 fully saturated rings. The Morgan fingerprint density at radius 2 is 2.00 bits per heavy atom. The number of thiazole rings is 1. The first kappa shape index (κ1) is 14.3. The molecule has 2 N–H and O–H groups in total. The van der Waals surface area contributed by atoms with Crippen LogP contribution in [0.15, 0.2) is 24.3 Å². The number of nitrogens with two attached hydrogens (primary N) is 1. The van der Waals surface area contributed by atoms with Gasteiger partial charge in [0.25, 0.3) is 0 Å². The molecule has 1 atom stereocenters. The molecular formula is C14H18ClN3S. The van der Waals surface area contributed by atoms with Gasteiger partial charge in [-0.05, 0) is 31.5 Å². The van der Waals surface area contributed by atoms with Gasteiger partial charge in [0.05, 0.1) is 11.7 Å². The molecule has 0 bridgehead atoms. The van der Waals surface area contributed by atoms with E-state index in [9.17, 15) is 0 Å². The molecule has 0 aliphatic heterocycles. The van der Waals surface area contributed by atoms with Crippen LogP contribution in [0.25, 0.3) is 0 Å². The topological polar surface area (TPSA) is 42.2 Å². The lowest BCUT2D eigenvalue weighted by molar-refractivity contribution is 0.736. The van der Waals surface area contributed by atoms with Gasteiger partial charge in [0.15, 0.2) is 5.13 Å². The largest absolute Gasteiger partial charge is 0.344 e. The molecule has 0 saturated heterocycles. The Labute approximate surface area is 123 Å². The van der Waals surface area contributed by atoms with Gasteiger partial charge in [0, 0.05) is 23.5 Å². The minimum atomic E-state index is 0.244. The molecule has 0 aliphatic carbocycles. The van der Waals surface area contributed by atoms with Crippen LogP contribution < -0.4 is 10.6 Å². The van der Waals surface area contributed by atoms with Crippen molar-refractivity contribution in [2.75, 3.05) is 11.9 Å². The van der Waals surface area contributed by atoms with Crippen molar-refractivity contribution in [3.05, 3.63) is 45.4 Å². The fourth-order valence-corrected chi connectivity index (χ4v) is 2.99. The fraction of sp³-hybridized carbons (Fsp3) is 0.357. The minimum Gasteiger partial charge on any atom is -0.344 e. The maximum atomic E-state index is 5.92. The first-order chi connectivity index (χ1) is 9.02. The second-order valence-electron chi connectivity index (χ2n) is 4.55. The summed E-state index contributed by atoms with van der Waals surface area (Å²) in [5, 5.41) is 1.76. The highest BCUT2D eigenvalue weighted by atomic mass is 35.5. The number of anilines is 1. The van der Waals surface area contributed by atoms with Crippen molar-refractivity contribution in [1.82, 2.24) is 4.98 Å². The van der Waals surface area contributed by atoms with Gasteiger partial charge in [-0.3, -0.25) is 0 Å². The monoisotopic (exact) mass is 295 g/mol. The summed E-state index contributed by atoms with van der Waals surface area (Å²) in [7, 11) is 2.05. The van der Waals surface area contributed by atoms with E-state index in [-0.39, 0.29) is 6.04 Å². The van der Waals surface area contributed by atoms with E-state index >= 15 is 0 Å². The van der Waals surface area contributed by atoms with Crippen molar-refractivity contribution in [1.29, 1.82) is 0 Å². The van der Waals surface area contributed by atoms with Crippen LogP contribution in [0.5, 0.6) is 0 Å². The fourth-order valence-electron chi connectivity index (χ4n) is 1.88. The summed E-state index contributed by atoms with van der Waals surface area (Å²) in [5.74, 6) is 0. The summed E-state index contributed by atoms with van der Waals surface area (Å²) in [6.45, 7) is 4.71. The Morgan fingerprint density at radius 3 is 2.53 bits per heavy atom. The van der Waals surface area contributed by atoms with Gasteiger partial charge in [-0.2, -0.15) is 0 Å². The summed E-state index contributed by atoms with van der Waals surface area (Å²) >= 11 is 7.58. The lowest BCUT2D eigenvalue weighted by atomic mass is 10.1. The molecule has 2 aromatic rings. The van der Waals surface area contributed by atoms with Crippen LogP contribution in [-0.2, 0) is 6.54 Å². The van der Waals surface area contributed by atoms with E-state index in [2.05, 4.69) is 23.9 Å². The minimum absolute atomic E-state index is 0.244. The van der Waals surface area contributed by atoms with E-state index in [1.807, 2.05) is 31.2 Å². The Hall–Kier alpha value is -1.10. The first-order valence-electron chi connectivity index (χ1n) is 6.17. The van der Waals surface area contributed by atoms with Crippen LogP contribution in [0, 0.1) is 6.92 Å². The Kier molecular flexibility index (Phi) is 4.45. The zero-order chi connectivity index (χ0) is 14.0. The van der Waals surface area contributed by atoms with Gasteiger partial charge in [-0.25, -0.2) is 4.98 Å². The van der Waals surface area contributed by atoms with Crippen LogP contribution in [0.4, 0.5) is 5.13 Å². The number of nitrogens with zero attached hydrogens (tertiary/aromatic N) is 2. The molecule has 1 unspecified atom stereocenters. The van der Waals surface area contributed by atoms with Crippen molar-refractivity contribution in [2.45, 2.75) is 26.4 Å². The van der Waals surface area contributed by atoms with Crippen molar-refractivity contribution in [3.8, 4) is 0 Å². The summed E-state index contributed by atoms with van der Waals surface area (Å²) in [6, 6.07) is 8.18. The van der Waals surface area contributed by atoms with Gasteiger partial charge in [-0.15, -0.1) is 11.3 Å². The van der Waals surface area contributed by atoms with Gasteiger partial charge < -0.3 is 10.6 Å². The third-order valence-electron chi connectivity index (χ3n) is 3.30. The Bertz CT molecular complexity index is 550. The third kappa shape index (κ3) is 3.08. The molecule has 0 amide bonds. The number of benzene rings is 1. The van der Waals surface area contributed by atoms with E-state index in [1.165, 1.54) is 5.56 Å². The van der Waals surface area contributed by atoms with Crippen molar-refractivity contribution < 1.29 is 0 Å². The number of halogens is 1. The second kappa shape index (κ2) is 5.90. The zero-order valence-corrected chi connectivity index (χ0v) is 12.9. The van der Waals surface area contributed by atoms with Crippen LogP contribution in [0.2, 0.25) is 5.02 Å². The molecule has 1 heterocycles. The van der Waals surface area contributed by atoms with Crippen LogP contribution in [0.3, 0.4) is 0 Å². The normalized spacial score (nSPS) is 12.5. The summed E-state index contributed by atoms with van der Waals surface area (Å²) in [4.78, 5) is 7.89. The number of rotatable bonds is 4. The Morgan fingerprint density at radius 1 is 1.37 bits per heavy atom. The molecule has 0 saturated carbocycles. The standard InChI is InChI=1S/C14H18ClN3S/c1-9-13(8-16)19-14(17-9)18(3)10(2)11-4-6-12(15)7-5-11/h4-7,10H,8,16H2,1-3H3. The van der Waals surface area contributed by atoms with Gasteiger partial charge in [0.1, 0.15) is 0 Å². The molecule has 0 aliphatic rings. The first-order valence-corrected chi connectivity index (χ1v) is 7.37. The van der Waals surface area contributed by atoms with Crippen LogP contribution >= 0.6 is 22.9 Å². The molecule has 1 aromatic heterocycles. The van der Waals surface area contributed by atoms with E-state index in [1.54, 1.807) is 11.3 Å². The van der Waals surface area contributed by atoms with E-state index in [4.69, 9.17) is 17.3 Å². The summed E-state index contributed by atoms with van der Waals surface area (Å²) in [5.41, 5.74) is 7.95. The summed E-state index contributed by atoms with van der Waals surface area (Å²) < 4.78 is 0. The van der Waals surface area contributed by atoms with E-state index in [0.29, 0.717) is 6.54 Å². The maximum absolute atomic E-state index is 5.92. The zero-order valence-electron chi connectivity index (χ0n) is 11.4. The molecule has 1 aromatic carbocycles.